The summed E-state index contributed by atoms with van der Waals surface area (Å²) < 4.78 is 12.5. The van der Waals surface area contributed by atoms with Crippen molar-refractivity contribution in [2.45, 2.75) is 6.04 Å². The van der Waals surface area contributed by atoms with Crippen LogP contribution in [0, 0.1) is 0 Å². The number of methoxy groups -OCH3 is 2. The Morgan fingerprint density at radius 3 is 2.60 bits per heavy atom. The molecule has 0 spiro atoms. The van der Waals surface area contributed by atoms with Crippen LogP contribution in [-0.2, 0) is 0 Å². The molecule has 3 heterocycles. The molecule has 0 amide bonds. The lowest BCUT2D eigenvalue weighted by Crippen LogP contribution is -2.29. The fraction of sp³-hybridized carbons (Fsp3) is 0.150. The van der Waals surface area contributed by atoms with Gasteiger partial charge >= 0.3 is 0 Å². The molecule has 2 aromatic carbocycles. The fourth-order valence-electron chi connectivity index (χ4n) is 3.69. The molecular formula is C20H17N7O3. The molecule has 10 nitrogen and oxygen atoms in total. The van der Waals surface area contributed by atoms with Gasteiger partial charge in [0, 0.05) is 16.7 Å². The lowest BCUT2D eigenvalue weighted by Gasteiger charge is -2.28. The van der Waals surface area contributed by atoms with Crippen molar-refractivity contribution in [3.63, 3.8) is 0 Å². The first-order valence-electron chi connectivity index (χ1n) is 9.16. The summed E-state index contributed by atoms with van der Waals surface area (Å²) in [5.41, 5.74) is 2.83. The van der Waals surface area contributed by atoms with E-state index in [4.69, 9.17) is 9.47 Å². The molecule has 150 valence electrons. The third-order valence-corrected chi connectivity index (χ3v) is 5.07. The fourth-order valence-corrected chi connectivity index (χ4v) is 3.69. The van der Waals surface area contributed by atoms with E-state index in [1.807, 2.05) is 48.5 Å². The zero-order valence-corrected chi connectivity index (χ0v) is 16.2. The average Bonchev–Trinajstić information content (AvgIpc) is 3.27. The Kier molecular flexibility index (Phi) is 4.16. The van der Waals surface area contributed by atoms with Gasteiger partial charge in [-0.2, -0.15) is 9.78 Å². The number of rotatable bonds is 4. The molecule has 0 bridgehead atoms. The standard InChI is InChI=1S/C20H17N7O3/c1-29-12-9-7-11(8-10-12)16-15-17(19(28)23-22-16)21-20-24-25-26-27(20)18(15)13-5-3-4-6-14(13)30-2/h3-10,18H,1-2H3,(H,23,28)(H,21,24,26)/t18-/m1/s1. The number of hydrogen-bond acceptors (Lipinski definition) is 8. The number of benzene rings is 2. The minimum absolute atomic E-state index is 0.342. The van der Waals surface area contributed by atoms with Gasteiger partial charge in [-0.1, -0.05) is 23.3 Å². The maximum absolute atomic E-state index is 12.7. The lowest BCUT2D eigenvalue weighted by molar-refractivity contribution is 0.402. The minimum Gasteiger partial charge on any atom is -0.497 e. The van der Waals surface area contributed by atoms with Crippen LogP contribution in [-0.4, -0.2) is 44.6 Å². The highest BCUT2D eigenvalue weighted by Gasteiger charge is 2.35. The van der Waals surface area contributed by atoms with Crippen LogP contribution in [0.25, 0.3) is 11.3 Å². The zero-order chi connectivity index (χ0) is 20.7. The topological polar surface area (TPSA) is 120 Å². The summed E-state index contributed by atoms with van der Waals surface area (Å²) >= 11 is 0. The van der Waals surface area contributed by atoms with E-state index in [2.05, 4.69) is 31.0 Å². The highest BCUT2D eigenvalue weighted by Crippen LogP contribution is 2.43. The smallest absolute Gasteiger partial charge is 0.288 e. The molecule has 5 rings (SSSR count). The van der Waals surface area contributed by atoms with E-state index in [0.717, 1.165) is 16.9 Å². The normalized spacial score (nSPS) is 14.4. The molecule has 0 aliphatic carbocycles. The molecule has 1 aliphatic rings. The second-order valence-electron chi connectivity index (χ2n) is 6.64. The van der Waals surface area contributed by atoms with E-state index in [-0.39, 0.29) is 5.56 Å². The number of fused-ring (bicyclic) bond motifs is 2. The largest absolute Gasteiger partial charge is 0.497 e. The Hall–Kier alpha value is -4.21. The molecular weight excluding hydrogens is 386 g/mol. The molecule has 4 aromatic rings. The molecule has 0 saturated carbocycles. The Labute approximate surface area is 170 Å². The highest BCUT2D eigenvalue weighted by molar-refractivity contribution is 5.76. The van der Waals surface area contributed by atoms with Crippen LogP contribution in [0.2, 0.25) is 0 Å². The first kappa shape index (κ1) is 17.9. The summed E-state index contributed by atoms with van der Waals surface area (Å²) in [6.45, 7) is 0. The molecule has 1 aliphatic heterocycles. The van der Waals surface area contributed by atoms with Crippen molar-refractivity contribution in [1.82, 2.24) is 30.4 Å². The number of ether oxygens (including phenoxy) is 2. The van der Waals surface area contributed by atoms with E-state index in [9.17, 15) is 4.79 Å². The zero-order valence-electron chi connectivity index (χ0n) is 16.2. The van der Waals surface area contributed by atoms with Crippen molar-refractivity contribution >= 4 is 11.6 Å². The summed E-state index contributed by atoms with van der Waals surface area (Å²) in [4.78, 5) is 12.7. The summed E-state index contributed by atoms with van der Waals surface area (Å²) in [6.07, 6.45) is 0. The quantitative estimate of drug-likeness (QED) is 0.468. The molecule has 0 unspecified atom stereocenters. The number of hydrogen-bond donors (Lipinski definition) is 2. The van der Waals surface area contributed by atoms with Crippen LogP contribution in [0.15, 0.2) is 53.3 Å². The van der Waals surface area contributed by atoms with Gasteiger partial charge in [-0.05, 0) is 40.8 Å². The van der Waals surface area contributed by atoms with Crippen molar-refractivity contribution in [3.05, 3.63) is 70.0 Å². The number of nitrogens with zero attached hydrogens (tertiary/aromatic N) is 5. The molecule has 2 aromatic heterocycles. The minimum atomic E-state index is -0.519. The predicted octanol–water partition coefficient (Wildman–Crippen LogP) is 2.14. The van der Waals surface area contributed by atoms with Gasteiger partial charge in [0.05, 0.1) is 19.9 Å². The second kappa shape index (κ2) is 6.99. The Balaban J connectivity index is 1.80. The van der Waals surface area contributed by atoms with Gasteiger partial charge in [0.1, 0.15) is 23.2 Å². The summed E-state index contributed by atoms with van der Waals surface area (Å²) in [7, 11) is 3.21. The third kappa shape index (κ3) is 2.69. The monoisotopic (exact) mass is 403 g/mol. The van der Waals surface area contributed by atoms with Crippen LogP contribution in [0.5, 0.6) is 11.5 Å². The van der Waals surface area contributed by atoms with Crippen molar-refractivity contribution in [2.24, 2.45) is 0 Å². The molecule has 0 radical (unpaired) electrons. The van der Waals surface area contributed by atoms with E-state index < -0.39 is 6.04 Å². The van der Waals surface area contributed by atoms with Gasteiger partial charge in [0.25, 0.3) is 5.56 Å². The van der Waals surface area contributed by atoms with Crippen molar-refractivity contribution in [3.8, 4) is 22.8 Å². The SMILES string of the molecule is COc1ccc(-c2n[nH]c(=O)c3c2[C@@H](c2ccccc2OC)n2nnnc2N3)cc1. The summed E-state index contributed by atoms with van der Waals surface area (Å²) in [6, 6.07) is 14.5. The summed E-state index contributed by atoms with van der Waals surface area (Å²) in [5.74, 6) is 1.73. The van der Waals surface area contributed by atoms with Crippen molar-refractivity contribution in [2.75, 3.05) is 19.5 Å². The Morgan fingerprint density at radius 1 is 1.03 bits per heavy atom. The number of H-pyrrole nitrogens is 1. The summed E-state index contributed by atoms with van der Waals surface area (Å²) in [5, 5.41) is 21.9. The highest BCUT2D eigenvalue weighted by atomic mass is 16.5. The van der Waals surface area contributed by atoms with Crippen LogP contribution in [0.3, 0.4) is 0 Å². The number of aromatic nitrogens is 6. The average molecular weight is 403 g/mol. The van der Waals surface area contributed by atoms with Gasteiger partial charge in [0.15, 0.2) is 0 Å². The number of tetrazole rings is 1. The van der Waals surface area contributed by atoms with Crippen LogP contribution >= 0.6 is 0 Å². The van der Waals surface area contributed by atoms with E-state index in [1.54, 1.807) is 18.9 Å². The van der Waals surface area contributed by atoms with E-state index in [1.165, 1.54) is 0 Å². The predicted molar refractivity (Wildman–Crippen MR) is 108 cm³/mol. The third-order valence-electron chi connectivity index (χ3n) is 5.07. The number of anilines is 2. The van der Waals surface area contributed by atoms with Gasteiger partial charge in [0.2, 0.25) is 5.95 Å². The van der Waals surface area contributed by atoms with Gasteiger partial charge in [-0.3, -0.25) is 4.79 Å². The lowest BCUT2D eigenvalue weighted by atomic mass is 9.92. The maximum atomic E-state index is 12.7. The number of aromatic amines is 1. The van der Waals surface area contributed by atoms with Crippen molar-refractivity contribution in [1.29, 1.82) is 0 Å². The molecule has 0 saturated heterocycles. The van der Waals surface area contributed by atoms with Gasteiger partial charge in [-0.15, -0.1) is 0 Å². The second-order valence-corrected chi connectivity index (χ2v) is 6.64. The molecule has 1 atom stereocenters. The van der Waals surface area contributed by atoms with Crippen molar-refractivity contribution < 1.29 is 9.47 Å². The van der Waals surface area contributed by atoms with Crippen LogP contribution < -0.4 is 20.3 Å². The molecule has 0 fully saturated rings. The van der Waals surface area contributed by atoms with Gasteiger partial charge in [-0.25, -0.2) is 5.10 Å². The maximum Gasteiger partial charge on any atom is 0.288 e. The molecule has 2 N–H and O–H groups in total. The Bertz CT molecular complexity index is 1280. The van der Waals surface area contributed by atoms with E-state index in [0.29, 0.717) is 28.6 Å². The van der Waals surface area contributed by atoms with Crippen LogP contribution in [0.4, 0.5) is 11.6 Å². The van der Waals surface area contributed by atoms with Crippen LogP contribution in [0.1, 0.15) is 17.2 Å². The van der Waals surface area contributed by atoms with E-state index >= 15 is 0 Å². The Morgan fingerprint density at radius 2 is 1.83 bits per heavy atom. The first-order valence-corrected chi connectivity index (χ1v) is 9.16. The number of nitrogens with one attached hydrogen (secondary N) is 2. The first-order chi connectivity index (χ1) is 14.7. The van der Waals surface area contributed by atoms with Gasteiger partial charge < -0.3 is 14.8 Å². The molecule has 30 heavy (non-hydrogen) atoms. The number of para-hydroxylation sites is 1. The molecule has 10 heteroatoms.